The quantitative estimate of drug-likeness (QED) is 0.330. The van der Waals surface area contributed by atoms with Crippen LogP contribution in [0.4, 0.5) is 16.3 Å². The Morgan fingerprint density at radius 1 is 1.05 bits per heavy atom. The van der Waals surface area contributed by atoms with Gasteiger partial charge in [0.05, 0.1) is 11.4 Å². The van der Waals surface area contributed by atoms with E-state index >= 15 is 0 Å². The highest BCUT2D eigenvalue weighted by Gasteiger charge is 2.46. The van der Waals surface area contributed by atoms with Gasteiger partial charge in [0.15, 0.2) is 5.65 Å². The average molecular weight is 552 g/mol. The highest BCUT2D eigenvalue weighted by atomic mass is 16.2. The first-order chi connectivity index (χ1) is 19.8. The Labute approximate surface area is 235 Å². The van der Waals surface area contributed by atoms with Crippen molar-refractivity contribution in [1.82, 2.24) is 34.2 Å². The summed E-state index contributed by atoms with van der Waals surface area (Å²) in [4.78, 5) is 62.7. The summed E-state index contributed by atoms with van der Waals surface area (Å²) in [5, 5.41) is 2.92. The lowest BCUT2D eigenvalue weighted by atomic mass is 10.1. The van der Waals surface area contributed by atoms with E-state index < -0.39 is 0 Å². The van der Waals surface area contributed by atoms with Gasteiger partial charge in [-0.25, -0.2) is 29.7 Å². The number of anilines is 2. The monoisotopic (exact) mass is 551 g/mol. The number of fused-ring (bicyclic) bond motifs is 1. The van der Waals surface area contributed by atoms with Crippen LogP contribution in [0, 0.1) is 12.8 Å². The van der Waals surface area contributed by atoms with Crippen LogP contribution >= 0.6 is 0 Å². The zero-order chi connectivity index (χ0) is 28.2. The Balaban J connectivity index is 1.05. The standard InChI is InChI=1S/C29H29N9O3/c1-16-7-8-30-26(33-16)21-11-22(21)28(40)35-24-10-19(31-15-32-24)5-6-20-13-37-12-18(17-3-4-17)9-23(27(37)34-20)38-14-25(39)36(2)29(38)41/h7-10,12-13,15,17,21-22H,3-6,11,14H2,1-2H3,(H,31,32,35,40)/t21-,22-/m0/s1. The van der Waals surface area contributed by atoms with Gasteiger partial charge in [-0.05, 0) is 62.6 Å². The third kappa shape index (κ3) is 4.90. The van der Waals surface area contributed by atoms with Crippen LogP contribution in [0.5, 0.6) is 0 Å². The van der Waals surface area contributed by atoms with Gasteiger partial charge in [-0.3, -0.25) is 19.4 Å². The van der Waals surface area contributed by atoms with Gasteiger partial charge in [-0.15, -0.1) is 0 Å². The fourth-order valence-corrected chi connectivity index (χ4v) is 5.39. The Hall–Kier alpha value is -4.74. The average Bonchev–Trinajstić information content (AvgIpc) is 3.89. The van der Waals surface area contributed by atoms with Crippen molar-refractivity contribution in [3.8, 4) is 0 Å². The van der Waals surface area contributed by atoms with E-state index in [1.54, 1.807) is 12.3 Å². The Morgan fingerprint density at radius 2 is 1.88 bits per heavy atom. The second-order valence-electron chi connectivity index (χ2n) is 11.1. The van der Waals surface area contributed by atoms with Crippen LogP contribution in [0.2, 0.25) is 0 Å². The van der Waals surface area contributed by atoms with Crippen molar-refractivity contribution >= 4 is 35.0 Å². The maximum atomic E-state index is 12.8. The lowest BCUT2D eigenvalue weighted by molar-refractivity contribution is -0.124. The second kappa shape index (κ2) is 9.72. The smallest absolute Gasteiger partial charge is 0.310 e. The molecule has 4 aromatic rings. The van der Waals surface area contributed by atoms with E-state index in [1.807, 2.05) is 29.7 Å². The first-order valence-corrected chi connectivity index (χ1v) is 13.8. The van der Waals surface area contributed by atoms with Gasteiger partial charge in [-0.1, -0.05) is 0 Å². The molecule has 12 heteroatoms. The number of carbonyl (C=O) groups excluding carboxylic acids is 3. The van der Waals surface area contributed by atoms with Gasteiger partial charge in [0.2, 0.25) is 11.8 Å². The molecule has 2 aliphatic carbocycles. The first kappa shape index (κ1) is 25.2. The molecule has 5 heterocycles. The summed E-state index contributed by atoms with van der Waals surface area (Å²) in [7, 11) is 1.50. The molecular formula is C29H29N9O3. The molecule has 3 fully saturated rings. The number of imide groups is 1. The maximum absolute atomic E-state index is 12.8. The molecule has 4 aromatic heterocycles. The molecule has 4 amide bonds. The summed E-state index contributed by atoms with van der Waals surface area (Å²) in [6, 6.07) is 5.29. The number of carbonyl (C=O) groups is 3. The van der Waals surface area contributed by atoms with Crippen molar-refractivity contribution in [3.05, 3.63) is 71.6 Å². The van der Waals surface area contributed by atoms with Crippen LogP contribution < -0.4 is 10.2 Å². The topological polar surface area (TPSA) is 139 Å². The van der Waals surface area contributed by atoms with Crippen molar-refractivity contribution in [2.75, 3.05) is 23.8 Å². The number of imidazole rings is 1. The molecule has 1 saturated heterocycles. The molecule has 3 aliphatic rings. The van der Waals surface area contributed by atoms with Gasteiger partial charge >= 0.3 is 6.03 Å². The third-order valence-electron chi connectivity index (χ3n) is 8.01. The third-order valence-corrected chi connectivity index (χ3v) is 8.01. The van der Waals surface area contributed by atoms with Gasteiger partial charge in [0.1, 0.15) is 24.5 Å². The number of hydrogen-bond acceptors (Lipinski definition) is 8. The molecule has 0 radical (unpaired) electrons. The van der Waals surface area contributed by atoms with Crippen molar-refractivity contribution in [2.45, 2.75) is 50.9 Å². The molecule has 1 aliphatic heterocycles. The summed E-state index contributed by atoms with van der Waals surface area (Å²) in [5.74, 6) is 1.19. The molecule has 2 saturated carbocycles. The number of nitrogens with zero attached hydrogens (tertiary/aromatic N) is 8. The number of pyridine rings is 1. The molecule has 0 bridgehead atoms. The predicted molar refractivity (Wildman–Crippen MR) is 148 cm³/mol. The molecular weight excluding hydrogens is 522 g/mol. The van der Waals surface area contributed by atoms with E-state index in [-0.39, 0.29) is 36.2 Å². The molecule has 0 aromatic carbocycles. The molecule has 0 unspecified atom stereocenters. The molecule has 2 atom stereocenters. The van der Waals surface area contributed by atoms with Gasteiger partial charge in [0, 0.05) is 54.9 Å². The molecule has 7 rings (SSSR count). The Morgan fingerprint density at radius 3 is 2.63 bits per heavy atom. The SMILES string of the molecule is Cc1ccnc([C@H]2C[C@@H]2C(=O)Nc2cc(CCc3cn4cc(C5CC5)cc(N5CC(=O)N(C)C5=O)c4n3)ncn2)n1. The fraction of sp³-hybridized carbons (Fsp3) is 0.379. The molecule has 208 valence electrons. The van der Waals surface area contributed by atoms with Crippen LogP contribution in [0.1, 0.15) is 59.6 Å². The van der Waals surface area contributed by atoms with E-state index in [0.29, 0.717) is 41.7 Å². The minimum atomic E-state index is -0.339. The first-order valence-electron chi connectivity index (χ1n) is 13.8. The number of likely N-dealkylation sites (N-methyl/N-ethyl adjacent to an activating group) is 1. The summed E-state index contributed by atoms with van der Waals surface area (Å²) in [6.45, 7) is 1.92. The summed E-state index contributed by atoms with van der Waals surface area (Å²) < 4.78 is 1.96. The van der Waals surface area contributed by atoms with Crippen LogP contribution in [0.15, 0.2) is 43.1 Å². The van der Waals surface area contributed by atoms with Crippen molar-refractivity contribution < 1.29 is 14.4 Å². The number of hydrogen-bond donors (Lipinski definition) is 1. The number of amides is 4. The lowest BCUT2D eigenvalue weighted by Crippen LogP contribution is -2.30. The number of aromatic nitrogens is 6. The lowest BCUT2D eigenvalue weighted by Gasteiger charge is -2.17. The predicted octanol–water partition coefficient (Wildman–Crippen LogP) is 3.03. The number of rotatable bonds is 8. The van der Waals surface area contributed by atoms with E-state index in [9.17, 15) is 14.4 Å². The van der Waals surface area contributed by atoms with E-state index in [0.717, 1.165) is 46.8 Å². The summed E-state index contributed by atoms with van der Waals surface area (Å²) >= 11 is 0. The number of nitrogens with one attached hydrogen (secondary N) is 1. The summed E-state index contributed by atoms with van der Waals surface area (Å²) in [6.07, 6.45) is 11.4. The minimum Gasteiger partial charge on any atom is -0.310 e. The largest absolute Gasteiger partial charge is 0.331 e. The Bertz CT molecular complexity index is 1710. The zero-order valence-electron chi connectivity index (χ0n) is 22.8. The molecule has 12 nitrogen and oxygen atoms in total. The van der Waals surface area contributed by atoms with E-state index in [4.69, 9.17) is 4.98 Å². The van der Waals surface area contributed by atoms with Gasteiger partial charge in [-0.2, -0.15) is 0 Å². The van der Waals surface area contributed by atoms with Crippen LogP contribution in [-0.4, -0.2) is 65.7 Å². The van der Waals surface area contributed by atoms with Gasteiger partial charge < -0.3 is 9.72 Å². The van der Waals surface area contributed by atoms with Crippen molar-refractivity contribution in [1.29, 1.82) is 0 Å². The zero-order valence-corrected chi connectivity index (χ0v) is 22.8. The van der Waals surface area contributed by atoms with E-state index in [2.05, 4.69) is 31.4 Å². The molecule has 41 heavy (non-hydrogen) atoms. The van der Waals surface area contributed by atoms with Crippen LogP contribution in [0.25, 0.3) is 5.65 Å². The number of aryl methyl sites for hydroxylation is 3. The minimum absolute atomic E-state index is 0.0103. The van der Waals surface area contributed by atoms with E-state index in [1.165, 1.54) is 18.3 Å². The van der Waals surface area contributed by atoms with Crippen LogP contribution in [-0.2, 0) is 22.4 Å². The maximum Gasteiger partial charge on any atom is 0.331 e. The van der Waals surface area contributed by atoms with Crippen molar-refractivity contribution in [2.24, 2.45) is 5.92 Å². The van der Waals surface area contributed by atoms with Crippen molar-refractivity contribution in [3.63, 3.8) is 0 Å². The normalized spacial score (nSPS) is 20.2. The molecule has 0 spiro atoms. The number of urea groups is 1. The fourth-order valence-electron chi connectivity index (χ4n) is 5.39. The highest BCUT2D eigenvalue weighted by molar-refractivity contribution is 6.13. The van der Waals surface area contributed by atoms with Crippen LogP contribution in [0.3, 0.4) is 0 Å². The summed E-state index contributed by atoms with van der Waals surface area (Å²) in [5.41, 5.74) is 4.96. The highest BCUT2D eigenvalue weighted by Crippen LogP contribution is 2.46. The molecule has 1 N–H and O–H groups in total. The second-order valence-corrected chi connectivity index (χ2v) is 11.1. The van der Waals surface area contributed by atoms with Gasteiger partial charge in [0.25, 0.3) is 0 Å². The Kier molecular flexibility index (Phi) is 5.98.